The Morgan fingerprint density at radius 3 is 2.55 bits per heavy atom. The number of aromatic hydroxyl groups is 1. The summed E-state index contributed by atoms with van der Waals surface area (Å²) in [5, 5.41) is 18.2. The lowest BCUT2D eigenvalue weighted by Crippen LogP contribution is -1.94. The van der Waals surface area contributed by atoms with Crippen LogP contribution in [-0.2, 0) is 0 Å². The third kappa shape index (κ3) is 2.01. The van der Waals surface area contributed by atoms with Crippen molar-refractivity contribution in [1.29, 1.82) is 0 Å². The molecule has 0 atom stereocenters. The standard InChI is InChI=1S/C14H12N4O2/c1-8-5-15-14(16-6-8)9-3-10-11(19)7-17-18-13(10)12(4-9)20-2/h3-7H,1-2H3,(H,18,19). The fourth-order valence-electron chi connectivity index (χ4n) is 1.94. The minimum absolute atomic E-state index is 0.0438. The Bertz CT molecular complexity index is 772. The quantitative estimate of drug-likeness (QED) is 0.766. The molecule has 1 aromatic carbocycles. The number of nitrogens with zero attached hydrogens (tertiary/aromatic N) is 4. The predicted octanol–water partition coefficient (Wildman–Crippen LogP) is 2.11. The zero-order valence-corrected chi connectivity index (χ0v) is 11.0. The molecule has 20 heavy (non-hydrogen) atoms. The van der Waals surface area contributed by atoms with Crippen molar-refractivity contribution in [2.75, 3.05) is 7.11 Å². The number of aromatic nitrogens is 4. The number of fused-ring (bicyclic) bond motifs is 1. The van der Waals surface area contributed by atoms with Gasteiger partial charge in [0.2, 0.25) is 0 Å². The van der Waals surface area contributed by atoms with Crippen LogP contribution in [0, 0.1) is 6.92 Å². The number of hydrogen-bond acceptors (Lipinski definition) is 6. The average Bonchev–Trinajstić information content (AvgIpc) is 2.47. The average molecular weight is 268 g/mol. The molecule has 0 bridgehead atoms. The van der Waals surface area contributed by atoms with Gasteiger partial charge in [0.1, 0.15) is 17.0 Å². The van der Waals surface area contributed by atoms with E-state index in [9.17, 15) is 5.11 Å². The second-order valence-electron chi connectivity index (χ2n) is 4.39. The van der Waals surface area contributed by atoms with E-state index in [4.69, 9.17) is 4.74 Å². The lowest BCUT2D eigenvalue weighted by atomic mass is 10.1. The first-order valence-electron chi connectivity index (χ1n) is 6.00. The summed E-state index contributed by atoms with van der Waals surface area (Å²) >= 11 is 0. The van der Waals surface area contributed by atoms with Crippen molar-refractivity contribution in [3.63, 3.8) is 0 Å². The molecule has 0 saturated carbocycles. The van der Waals surface area contributed by atoms with Crippen LogP contribution in [0.25, 0.3) is 22.3 Å². The van der Waals surface area contributed by atoms with Gasteiger partial charge in [0, 0.05) is 18.0 Å². The molecule has 0 aliphatic heterocycles. The normalized spacial score (nSPS) is 10.7. The Labute approximate surface area is 115 Å². The molecule has 0 radical (unpaired) electrons. The van der Waals surface area contributed by atoms with Gasteiger partial charge in [-0.15, -0.1) is 5.10 Å². The summed E-state index contributed by atoms with van der Waals surface area (Å²) in [6.07, 6.45) is 4.77. The summed E-state index contributed by atoms with van der Waals surface area (Å²) in [7, 11) is 1.54. The summed E-state index contributed by atoms with van der Waals surface area (Å²) in [4.78, 5) is 8.55. The minimum Gasteiger partial charge on any atom is -0.506 e. The third-order valence-electron chi connectivity index (χ3n) is 2.95. The van der Waals surface area contributed by atoms with Crippen LogP contribution in [-0.4, -0.2) is 32.4 Å². The Kier molecular flexibility index (Phi) is 2.90. The number of rotatable bonds is 2. The molecule has 3 aromatic rings. The maximum atomic E-state index is 9.91. The molecule has 6 heteroatoms. The fourth-order valence-corrected chi connectivity index (χ4v) is 1.94. The van der Waals surface area contributed by atoms with Crippen molar-refractivity contribution in [1.82, 2.24) is 20.2 Å². The molecule has 0 aliphatic rings. The van der Waals surface area contributed by atoms with Crippen LogP contribution in [0.1, 0.15) is 5.56 Å². The summed E-state index contributed by atoms with van der Waals surface area (Å²) < 4.78 is 5.30. The number of benzene rings is 1. The number of aryl methyl sites for hydroxylation is 1. The van der Waals surface area contributed by atoms with Crippen LogP contribution in [0.15, 0.2) is 30.7 Å². The van der Waals surface area contributed by atoms with Gasteiger partial charge in [0.25, 0.3) is 0 Å². The molecule has 0 aliphatic carbocycles. The van der Waals surface area contributed by atoms with E-state index in [2.05, 4.69) is 20.2 Å². The van der Waals surface area contributed by atoms with Gasteiger partial charge < -0.3 is 9.84 Å². The molecular formula is C14H12N4O2. The number of ether oxygens (including phenoxy) is 1. The topological polar surface area (TPSA) is 81.0 Å². The largest absolute Gasteiger partial charge is 0.506 e. The monoisotopic (exact) mass is 268 g/mol. The molecule has 0 saturated heterocycles. The Hall–Kier alpha value is -2.76. The van der Waals surface area contributed by atoms with E-state index >= 15 is 0 Å². The van der Waals surface area contributed by atoms with Crippen molar-refractivity contribution < 1.29 is 9.84 Å². The SMILES string of the molecule is COc1cc(-c2ncc(C)cn2)cc2c(O)cnnc12. The van der Waals surface area contributed by atoms with Gasteiger partial charge in [-0.2, -0.15) is 5.10 Å². The third-order valence-corrected chi connectivity index (χ3v) is 2.95. The van der Waals surface area contributed by atoms with Crippen LogP contribution in [0.4, 0.5) is 0 Å². The highest BCUT2D eigenvalue weighted by atomic mass is 16.5. The van der Waals surface area contributed by atoms with E-state index in [-0.39, 0.29) is 5.75 Å². The molecular weight excluding hydrogens is 256 g/mol. The first-order chi connectivity index (χ1) is 9.69. The van der Waals surface area contributed by atoms with E-state index in [0.29, 0.717) is 22.5 Å². The highest BCUT2D eigenvalue weighted by molar-refractivity contribution is 5.92. The molecule has 100 valence electrons. The zero-order valence-electron chi connectivity index (χ0n) is 11.0. The van der Waals surface area contributed by atoms with Crippen molar-refractivity contribution in [2.45, 2.75) is 6.92 Å². The van der Waals surface area contributed by atoms with Crippen LogP contribution < -0.4 is 4.74 Å². The van der Waals surface area contributed by atoms with E-state index < -0.39 is 0 Å². The van der Waals surface area contributed by atoms with E-state index in [1.165, 1.54) is 6.20 Å². The van der Waals surface area contributed by atoms with Gasteiger partial charge in [-0.25, -0.2) is 9.97 Å². The molecule has 0 unspecified atom stereocenters. The van der Waals surface area contributed by atoms with E-state index in [1.807, 2.05) is 6.92 Å². The lowest BCUT2D eigenvalue weighted by molar-refractivity contribution is 0.418. The van der Waals surface area contributed by atoms with Crippen molar-refractivity contribution in [3.8, 4) is 22.9 Å². The first-order valence-corrected chi connectivity index (χ1v) is 6.00. The summed E-state index contributed by atoms with van der Waals surface area (Å²) in [6.45, 7) is 1.92. The number of hydrogen-bond donors (Lipinski definition) is 1. The second kappa shape index (κ2) is 4.73. The lowest BCUT2D eigenvalue weighted by Gasteiger charge is -2.08. The van der Waals surface area contributed by atoms with Gasteiger partial charge in [0.05, 0.1) is 18.7 Å². The smallest absolute Gasteiger partial charge is 0.159 e. The van der Waals surface area contributed by atoms with E-state index in [1.54, 1.807) is 31.6 Å². The number of methoxy groups -OCH3 is 1. The van der Waals surface area contributed by atoms with Crippen LogP contribution in [0.2, 0.25) is 0 Å². The Morgan fingerprint density at radius 1 is 1.10 bits per heavy atom. The van der Waals surface area contributed by atoms with Gasteiger partial charge in [-0.3, -0.25) is 0 Å². The van der Waals surface area contributed by atoms with Gasteiger partial charge in [-0.1, -0.05) is 0 Å². The summed E-state index contributed by atoms with van der Waals surface area (Å²) in [5.41, 5.74) is 2.23. The molecule has 6 nitrogen and oxygen atoms in total. The van der Waals surface area contributed by atoms with Crippen molar-refractivity contribution in [3.05, 3.63) is 36.3 Å². The van der Waals surface area contributed by atoms with Crippen LogP contribution in [0.5, 0.6) is 11.5 Å². The molecule has 2 heterocycles. The molecule has 0 fully saturated rings. The van der Waals surface area contributed by atoms with E-state index in [0.717, 1.165) is 11.1 Å². The second-order valence-corrected chi connectivity index (χ2v) is 4.39. The van der Waals surface area contributed by atoms with Crippen LogP contribution >= 0.6 is 0 Å². The molecule has 0 spiro atoms. The highest BCUT2D eigenvalue weighted by Gasteiger charge is 2.12. The maximum absolute atomic E-state index is 9.91. The first kappa shape index (κ1) is 12.3. The summed E-state index contributed by atoms with van der Waals surface area (Å²) in [5.74, 6) is 1.12. The molecule has 1 N–H and O–H groups in total. The van der Waals surface area contributed by atoms with Gasteiger partial charge >= 0.3 is 0 Å². The predicted molar refractivity (Wildman–Crippen MR) is 73.5 cm³/mol. The molecule has 0 amide bonds. The molecule has 3 rings (SSSR count). The minimum atomic E-state index is 0.0438. The zero-order chi connectivity index (χ0) is 14.1. The Morgan fingerprint density at radius 2 is 1.85 bits per heavy atom. The van der Waals surface area contributed by atoms with Crippen molar-refractivity contribution >= 4 is 10.9 Å². The van der Waals surface area contributed by atoms with Crippen LogP contribution in [0.3, 0.4) is 0 Å². The molecule has 2 aromatic heterocycles. The summed E-state index contributed by atoms with van der Waals surface area (Å²) in [6, 6.07) is 3.55. The van der Waals surface area contributed by atoms with Gasteiger partial charge in [0.15, 0.2) is 5.82 Å². The Balaban J connectivity index is 2.27. The van der Waals surface area contributed by atoms with Crippen molar-refractivity contribution in [2.24, 2.45) is 0 Å². The maximum Gasteiger partial charge on any atom is 0.159 e. The fraction of sp³-hybridized carbons (Fsp3) is 0.143. The van der Waals surface area contributed by atoms with Gasteiger partial charge in [-0.05, 0) is 24.6 Å². The highest BCUT2D eigenvalue weighted by Crippen LogP contribution is 2.33.